The van der Waals surface area contributed by atoms with E-state index in [-0.39, 0.29) is 23.7 Å². The summed E-state index contributed by atoms with van der Waals surface area (Å²) in [7, 11) is 0. The van der Waals surface area contributed by atoms with Crippen LogP contribution in [-0.4, -0.2) is 36.5 Å². The predicted molar refractivity (Wildman–Crippen MR) is 113 cm³/mol. The summed E-state index contributed by atoms with van der Waals surface area (Å²) in [5.41, 5.74) is 0.114. The molecule has 0 heterocycles. The lowest BCUT2D eigenvalue weighted by Gasteiger charge is -2.25. The van der Waals surface area contributed by atoms with Crippen LogP contribution in [0, 0.1) is 0 Å². The molecule has 0 aliphatic rings. The van der Waals surface area contributed by atoms with Gasteiger partial charge in [0.2, 0.25) is 5.91 Å². The van der Waals surface area contributed by atoms with Crippen molar-refractivity contribution in [1.29, 1.82) is 0 Å². The van der Waals surface area contributed by atoms with Crippen LogP contribution in [0.4, 0.5) is 5.69 Å². The minimum absolute atomic E-state index is 0.237. The van der Waals surface area contributed by atoms with Gasteiger partial charge in [0.05, 0.1) is 16.6 Å². The third-order valence-electron chi connectivity index (χ3n) is 3.66. The molecule has 6 nitrogen and oxygen atoms in total. The van der Waals surface area contributed by atoms with Crippen LogP contribution in [0.3, 0.4) is 0 Å². The average Bonchev–Trinajstić information content (AvgIpc) is 2.65. The Hall–Kier alpha value is -2.57. The number of rotatable bonds is 6. The van der Waals surface area contributed by atoms with E-state index < -0.39 is 23.4 Å². The highest BCUT2D eigenvalue weighted by molar-refractivity contribution is 6.42. The van der Waals surface area contributed by atoms with E-state index in [1.165, 1.54) is 23.1 Å². The number of hydrogen-bond acceptors (Lipinski definition) is 4. The van der Waals surface area contributed by atoms with E-state index in [0.29, 0.717) is 10.7 Å². The first-order valence-corrected chi connectivity index (χ1v) is 9.63. The fraction of sp³-hybridized carbons (Fsp3) is 0.286. The molecular weight excluding hydrogens is 415 g/mol. The van der Waals surface area contributed by atoms with Gasteiger partial charge in [0.15, 0.2) is 0 Å². The maximum atomic E-state index is 12.8. The zero-order chi connectivity index (χ0) is 21.6. The first-order valence-electron chi connectivity index (χ1n) is 8.87. The summed E-state index contributed by atoms with van der Waals surface area (Å²) in [6.07, 6.45) is 0. The Labute approximate surface area is 179 Å². The topological polar surface area (TPSA) is 75.7 Å². The molecule has 1 N–H and O–H groups in total. The molecule has 0 aromatic heterocycles. The van der Waals surface area contributed by atoms with Crippen molar-refractivity contribution in [3.63, 3.8) is 0 Å². The zero-order valence-electron chi connectivity index (χ0n) is 16.4. The van der Waals surface area contributed by atoms with Crippen molar-refractivity contribution in [2.75, 3.05) is 18.0 Å². The molecule has 154 valence electrons. The fourth-order valence-corrected chi connectivity index (χ4v) is 2.72. The van der Waals surface area contributed by atoms with Crippen LogP contribution in [0.1, 0.15) is 31.1 Å². The standard InChI is InChI=1S/C21H22Cl2N2O4/c1-21(2,3)29-19(27)13-25(15-7-5-4-6-8-15)18(26)12-24-20(28)14-9-10-16(22)17(23)11-14/h4-11H,12-13H2,1-3H3,(H,24,28). The average molecular weight is 437 g/mol. The Kier molecular flexibility index (Phi) is 7.65. The maximum Gasteiger partial charge on any atom is 0.326 e. The van der Waals surface area contributed by atoms with E-state index in [1.807, 2.05) is 0 Å². The molecule has 0 aliphatic heterocycles. The molecular formula is C21H22Cl2N2O4. The molecule has 0 spiro atoms. The van der Waals surface area contributed by atoms with Gasteiger partial charge in [-0.1, -0.05) is 41.4 Å². The van der Waals surface area contributed by atoms with Crippen molar-refractivity contribution in [3.05, 3.63) is 64.1 Å². The lowest BCUT2D eigenvalue weighted by atomic mass is 10.2. The van der Waals surface area contributed by atoms with E-state index in [1.54, 1.807) is 51.1 Å². The van der Waals surface area contributed by atoms with Gasteiger partial charge >= 0.3 is 5.97 Å². The molecule has 0 aliphatic carbocycles. The molecule has 0 bridgehead atoms. The van der Waals surface area contributed by atoms with Gasteiger partial charge in [-0.3, -0.25) is 19.3 Å². The van der Waals surface area contributed by atoms with Crippen LogP contribution < -0.4 is 10.2 Å². The normalized spacial score (nSPS) is 10.9. The van der Waals surface area contributed by atoms with Crippen molar-refractivity contribution < 1.29 is 19.1 Å². The summed E-state index contributed by atoms with van der Waals surface area (Å²) >= 11 is 11.8. The smallest absolute Gasteiger partial charge is 0.326 e. The number of carbonyl (C=O) groups is 3. The lowest BCUT2D eigenvalue weighted by Crippen LogP contribution is -2.44. The number of para-hydroxylation sites is 1. The number of nitrogens with zero attached hydrogens (tertiary/aromatic N) is 1. The van der Waals surface area contributed by atoms with E-state index in [9.17, 15) is 14.4 Å². The van der Waals surface area contributed by atoms with E-state index >= 15 is 0 Å². The van der Waals surface area contributed by atoms with Crippen molar-refractivity contribution in [1.82, 2.24) is 5.32 Å². The van der Waals surface area contributed by atoms with Crippen LogP contribution >= 0.6 is 23.2 Å². The summed E-state index contributed by atoms with van der Waals surface area (Å²) in [4.78, 5) is 38.6. The van der Waals surface area contributed by atoms with E-state index in [0.717, 1.165) is 0 Å². The largest absolute Gasteiger partial charge is 0.459 e. The monoisotopic (exact) mass is 436 g/mol. The number of anilines is 1. The number of hydrogen-bond donors (Lipinski definition) is 1. The van der Waals surface area contributed by atoms with Gasteiger partial charge in [-0.15, -0.1) is 0 Å². The third kappa shape index (κ3) is 7.07. The minimum Gasteiger partial charge on any atom is -0.459 e. The summed E-state index contributed by atoms with van der Waals surface area (Å²) in [6, 6.07) is 13.1. The molecule has 2 amide bonds. The van der Waals surface area contributed by atoms with Gasteiger partial charge in [-0.05, 0) is 51.1 Å². The first-order chi connectivity index (χ1) is 13.6. The van der Waals surface area contributed by atoms with Gasteiger partial charge in [0.25, 0.3) is 5.91 Å². The van der Waals surface area contributed by atoms with Crippen LogP contribution in [0.2, 0.25) is 10.0 Å². The molecule has 0 saturated carbocycles. The molecule has 0 unspecified atom stereocenters. The number of benzene rings is 2. The molecule has 2 aromatic carbocycles. The van der Waals surface area contributed by atoms with Crippen LogP contribution in [-0.2, 0) is 14.3 Å². The molecule has 0 fully saturated rings. The van der Waals surface area contributed by atoms with Crippen molar-refractivity contribution >= 4 is 46.7 Å². The Morgan fingerprint density at radius 2 is 1.66 bits per heavy atom. The molecule has 0 saturated heterocycles. The zero-order valence-corrected chi connectivity index (χ0v) is 17.9. The van der Waals surface area contributed by atoms with E-state index in [4.69, 9.17) is 27.9 Å². The maximum absolute atomic E-state index is 12.8. The number of halogens is 2. The number of amides is 2. The quantitative estimate of drug-likeness (QED) is 0.691. The first kappa shape index (κ1) is 22.7. The lowest BCUT2D eigenvalue weighted by molar-refractivity contribution is -0.153. The molecule has 29 heavy (non-hydrogen) atoms. The minimum atomic E-state index is -0.676. The summed E-state index contributed by atoms with van der Waals surface area (Å²) in [5.74, 6) is -1.50. The highest BCUT2D eigenvalue weighted by Gasteiger charge is 2.24. The number of carbonyl (C=O) groups excluding carboxylic acids is 3. The second-order valence-corrected chi connectivity index (χ2v) is 8.03. The van der Waals surface area contributed by atoms with Crippen molar-refractivity contribution in [2.45, 2.75) is 26.4 Å². The van der Waals surface area contributed by atoms with Crippen LogP contribution in [0.25, 0.3) is 0 Å². The Bertz CT molecular complexity index is 895. The SMILES string of the molecule is CC(C)(C)OC(=O)CN(C(=O)CNC(=O)c1ccc(Cl)c(Cl)c1)c1ccccc1. The van der Waals surface area contributed by atoms with Gasteiger partial charge in [-0.2, -0.15) is 0 Å². The molecule has 0 radical (unpaired) electrons. The van der Waals surface area contributed by atoms with Crippen molar-refractivity contribution in [2.24, 2.45) is 0 Å². The van der Waals surface area contributed by atoms with Gasteiger partial charge in [0.1, 0.15) is 12.1 Å². The molecule has 0 atom stereocenters. The van der Waals surface area contributed by atoms with Gasteiger partial charge < -0.3 is 10.1 Å². The Balaban J connectivity index is 2.09. The summed E-state index contributed by atoms with van der Waals surface area (Å²) < 4.78 is 5.31. The van der Waals surface area contributed by atoms with Crippen LogP contribution in [0.15, 0.2) is 48.5 Å². The fourth-order valence-electron chi connectivity index (χ4n) is 2.43. The molecule has 2 rings (SSSR count). The van der Waals surface area contributed by atoms with Gasteiger partial charge in [0, 0.05) is 11.3 Å². The summed E-state index contributed by atoms with van der Waals surface area (Å²) in [6.45, 7) is 4.66. The number of ether oxygens (including phenoxy) is 1. The second-order valence-electron chi connectivity index (χ2n) is 7.21. The number of esters is 1. The molecule has 2 aromatic rings. The molecule has 8 heteroatoms. The van der Waals surface area contributed by atoms with Crippen LogP contribution in [0.5, 0.6) is 0 Å². The second kappa shape index (κ2) is 9.76. The van der Waals surface area contributed by atoms with Gasteiger partial charge in [-0.25, -0.2) is 0 Å². The third-order valence-corrected chi connectivity index (χ3v) is 4.40. The Morgan fingerprint density at radius 3 is 2.24 bits per heavy atom. The highest BCUT2D eigenvalue weighted by Crippen LogP contribution is 2.22. The van der Waals surface area contributed by atoms with E-state index in [2.05, 4.69) is 5.32 Å². The number of nitrogens with one attached hydrogen (secondary N) is 1. The summed E-state index contributed by atoms with van der Waals surface area (Å²) in [5, 5.41) is 3.10. The van der Waals surface area contributed by atoms with Crippen molar-refractivity contribution in [3.8, 4) is 0 Å². The predicted octanol–water partition coefficient (Wildman–Crippen LogP) is 4.10. The Morgan fingerprint density at radius 1 is 1.00 bits per heavy atom. The highest BCUT2D eigenvalue weighted by atomic mass is 35.5.